The second kappa shape index (κ2) is 10.3. The molecule has 0 aliphatic rings. The van der Waals surface area contributed by atoms with Crippen LogP contribution in [0.2, 0.25) is 0 Å². The van der Waals surface area contributed by atoms with E-state index in [1.807, 2.05) is 0 Å². The fourth-order valence-electron chi connectivity index (χ4n) is 3.46. The molecule has 0 saturated heterocycles. The van der Waals surface area contributed by atoms with Crippen LogP contribution < -0.4 is 9.64 Å². The Hall–Kier alpha value is -3.34. The van der Waals surface area contributed by atoms with Crippen LogP contribution in [0, 0.1) is 0 Å². The van der Waals surface area contributed by atoms with Gasteiger partial charge in [-0.2, -0.15) is 35.1 Å². The van der Waals surface area contributed by atoms with E-state index in [2.05, 4.69) is 0 Å². The number of hydrogen-bond acceptors (Lipinski definition) is 3. The molecule has 0 aromatic heterocycles. The first-order valence-corrected chi connectivity index (χ1v) is 10.6. The summed E-state index contributed by atoms with van der Waals surface area (Å²) >= 11 is 0. The maximum Gasteiger partial charge on any atom is 0.458 e. The molecule has 0 radical (unpaired) electrons. The van der Waals surface area contributed by atoms with E-state index in [-0.39, 0.29) is 17.0 Å². The molecule has 0 heterocycles. The Balaban J connectivity index is 2.00. The zero-order chi connectivity index (χ0) is 26.7. The maximum absolute atomic E-state index is 13.9. The molecule has 0 aliphatic carbocycles. The van der Waals surface area contributed by atoms with Crippen molar-refractivity contribution in [2.24, 2.45) is 0 Å². The van der Waals surface area contributed by atoms with Crippen molar-refractivity contribution in [3.8, 4) is 11.5 Å². The molecule has 1 N–H and O–H groups in total. The standard InChI is InChI=1S/C25H21F8NO2/c1-16(17-7-5-8-18(13-17)23(26,27)25(31,32)33)34(15-22(35)24(28,29)30)19-9-6-12-21(14-19)36-20-10-3-2-4-11-20/h2-14,16,22,35H,15H2,1H3/t16?,22-/m1/s1. The zero-order valence-electron chi connectivity index (χ0n) is 18.7. The summed E-state index contributed by atoms with van der Waals surface area (Å²) in [5.74, 6) is -4.50. The molecule has 36 heavy (non-hydrogen) atoms. The normalized spacial score (nSPS) is 14.3. The van der Waals surface area contributed by atoms with Crippen LogP contribution in [-0.4, -0.2) is 30.1 Å². The van der Waals surface area contributed by atoms with Gasteiger partial charge in [-0.3, -0.25) is 0 Å². The van der Waals surface area contributed by atoms with Gasteiger partial charge in [0.25, 0.3) is 0 Å². The third-order valence-corrected chi connectivity index (χ3v) is 5.43. The van der Waals surface area contributed by atoms with Gasteiger partial charge in [-0.25, -0.2) is 0 Å². The molecule has 0 amide bonds. The molecule has 0 bridgehead atoms. The Labute approximate surface area is 201 Å². The first kappa shape index (κ1) is 27.3. The van der Waals surface area contributed by atoms with E-state index in [1.54, 1.807) is 30.3 Å². The van der Waals surface area contributed by atoms with Gasteiger partial charge in [-0.05, 0) is 42.8 Å². The van der Waals surface area contributed by atoms with E-state index < -0.39 is 42.5 Å². The van der Waals surface area contributed by atoms with Crippen LogP contribution in [0.15, 0.2) is 78.9 Å². The Morgan fingerprint density at radius 3 is 2.00 bits per heavy atom. The van der Waals surface area contributed by atoms with E-state index >= 15 is 0 Å². The lowest BCUT2D eigenvalue weighted by molar-refractivity contribution is -0.289. The molecule has 0 spiro atoms. The van der Waals surface area contributed by atoms with Crippen molar-refractivity contribution >= 4 is 5.69 Å². The molecule has 3 aromatic rings. The van der Waals surface area contributed by atoms with E-state index in [1.165, 1.54) is 37.3 Å². The molecule has 3 rings (SSSR count). The SMILES string of the molecule is CC(c1cccc(C(F)(F)C(F)(F)F)c1)N(C[C@@H](O)C(F)(F)F)c1cccc(Oc2ccccc2)c1. The molecule has 2 atom stereocenters. The predicted octanol–water partition coefficient (Wildman–Crippen LogP) is 7.62. The quantitative estimate of drug-likeness (QED) is 0.311. The van der Waals surface area contributed by atoms with Gasteiger partial charge in [0, 0.05) is 17.3 Å². The van der Waals surface area contributed by atoms with Gasteiger partial charge in [0.2, 0.25) is 0 Å². The second-order valence-electron chi connectivity index (χ2n) is 8.00. The number of anilines is 1. The third-order valence-electron chi connectivity index (χ3n) is 5.43. The lowest BCUT2D eigenvalue weighted by atomic mass is 9.99. The van der Waals surface area contributed by atoms with Crippen molar-refractivity contribution in [1.29, 1.82) is 0 Å². The van der Waals surface area contributed by atoms with Crippen LogP contribution in [0.5, 0.6) is 11.5 Å². The molecular formula is C25H21F8NO2. The van der Waals surface area contributed by atoms with E-state index in [0.29, 0.717) is 17.9 Å². The monoisotopic (exact) mass is 519 g/mol. The number of ether oxygens (including phenoxy) is 1. The van der Waals surface area contributed by atoms with Crippen LogP contribution in [0.1, 0.15) is 24.1 Å². The van der Waals surface area contributed by atoms with Gasteiger partial charge in [0.1, 0.15) is 11.5 Å². The van der Waals surface area contributed by atoms with Gasteiger partial charge in [-0.15, -0.1) is 0 Å². The van der Waals surface area contributed by atoms with Crippen molar-refractivity contribution in [1.82, 2.24) is 0 Å². The summed E-state index contributed by atoms with van der Waals surface area (Å²) in [4.78, 5) is 1.06. The summed E-state index contributed by atoms with van der Waals surface area (Å²) in [6, 6.07) is 16.5. The largest absolute Gasteiger partial charge is 0.458 e. The van der Waals surface area contributed by atoms with Crippen LogP contribution in [-0.2, 0) is 5.92 Å². The number of rotatable bonds is 8. The van der Waals surface area contributed by atoms with Gasteiger partial charge in [-0.1, -0.05) is 42.5 Å². The highest BCUT2D eigenvalue weighted by atomic mass is 19.4. The number of aliphatic hydroxyl groups excluding tert-OH is 1. The topological polar surface area (TPSA) is 32.7 Å². The van der Waals surface area contributed by atoms with Gasteiger partial charge >= 0.3 is 18.3 Å². The van der Waals surface area contributed by atoms with Crippen LogP contribution in [0.4, 0.5) is 40.8 Å². The Bertz CT molecular complexity index is 1150. The Morgan fingerprint density at radius 1 is 0.778 bits per heavy atom. The smallest absolute Gasteiger partial charge is 0.457 e. The Morgan fingerprint density at radius 2 is 1.39 bits per heavy atom. The lowest BCUT2D eigenvalue weighted by Crippen LogP contribution is -2.42. The molecule has 11 heteroatoms. The van der Waals surface area contributed by atoms with Crippen LogP contribution in [0.25, 0.3) is 0 Å². The van der Waals surface area contributed by atoms with E-state index in [0.717, 1.165) is 11.0 Å². The fraction of sp³-hybridized carbons (Fsp3) is 0.280. The van der Waals surface area contributed by atoms with Crippen molar-refractivity contribution in [3.05, 3.63) is 90.0 Å². The van der Waals surface area contributed by atoms with Crippen LogP contribution >= 0.6 is 0 Å². The number of halogens is 8. The number of benzene rings is 3. The van der Waals surface area contributed by atoms with Crippen LogP contribution in [0.3, 0.4) is 0 Å². The first-order valence-electron chi connectivity index (χ1n) is 10.6. The minimum absolute atomic E-state index is 0.111. The van der Waals surface area contributed by atoms with Crippen molar-refractivity contribution in [2.45, 2.75) is 37.3 Å². The molecule has 194 valence electrons. The van der Waals surface area contributed by atoms with Crippen molar-refractivity contribution in [3.63, 3.8) is 0 Å². The number of hydrogen-bond donors (Lipinski definition) is 1. The average Bonchev–Trinajstić information content (AvgIpc) is 2.81. The second-order valence-corrected chi connectivity index (χ2v) is 8.00. The number of alkyl halides is 8. The molecular weight excluding hydrogens is 498 g/mol. The summed E-state index contributed by atoms with van der Waals surface area (Å²) in [5, 5.41) is 9.74. The number of nitrogens with zero attached hydrogens (tertiary/aromatic N) is 1. The molecule has 0 aliphatic heterocycles. The van der Waals surface area contributed by atoms with E-state index in [9.17, 15) is 40.2 Å². The molecule has 0 saturated carbocycles. The minimum Gasteiger partial charge on any atom is -0.457 e. The first-order chi connectivity index (χ1) is 16.7. The summed E-state index contributed by atoms with van der Waals surface area (Å²) < 4.78 is 112. The minimum atomic E-state index is -5.86. The molecule has 0 fully saturated rings. The highest BCUT2D eigenvalue weighted by Crippen LogP contribution is 2.44. The number of aliphatic hydroxyl groups is 1. The van der Waals surface area contributed by atoms with Gasteiger partial charge < -0.3 is 14.7 Å². The zero-order valence-corrected chi connectivity index (χ0v) is 18.7. The summed E-state index contributed by atoms with van der Waals surface area (Å²) in [7, 11) is 0. The molecule has 3 nitrogen and oxygen atoms in total. The summed E-state index contributed by atoms with van der Waals surface area (Å²) in [6.45, 7) is 0.317. The third kappa shape index (κ3) is 6.26. The van der Waals surface area contributed by atoms with Gasteiger partial charge in [0.15, 0.2) is 6.10 Å². The lowest BCUT2D eigenvalue weighted by Gasteiger charge is -2.34. The number of para-hydroxylation sites is 1. The summed E-state index contributed by atoms with van der Waals surface area (Å²) in [5.41, 5.74) is -1.34. The highest BCUT2D eigenvalue weighted by Gasteiger charge is 2.58. The molecule has 1 unspecified atom stereocenters. The summed E-state index contributed by atoms with van der Waals surface area (Å²) in [6.07, 6.45) is -13.7. The fourth-order valence-corrected chi connectivity index (χ4v) is 3.46. The van der Waals surface area contributed by atoms with Crippen molar-refractivity contribution < 1.29 is 45.0 Å². The maximum atomic E-state index is 13.9. The average molecular weight is 519 g/mol. The Kier molecular flexibility index (Phi) is 7.82. The molecule has 3 aromatic carbocycles. The van der Waals surface area contributed by atoms with Gasteiger partial charge in [0.05, 0.1) is 12.6 Å². The van der Waals surface area contributed by atoms with E-state index in [4.69, 9.17) is 4.74 Å². The predicted molar refractivity (Wildman–Crippen MR) is 117 cm³/mol. The highest BCUT2D eigenvalue weighted by molar-refractivity contribution is 5.54. The van der Waals surface area contributed by atoms with Crippen molar-refractivity contribution in [2.75, 3.05) is 11.4 Å².